The average molecular weight is 237 g/mol. The summed E-state index contributed by atoms with van der Waals surface area (Å²) in [5, 5.41) is 7.94. The highest BCUT2D eigenvalue weighted by molar-refractivity contribution is 5.09. The summed E-state index contributed by atoms with van der Waals surface area (Å²) in [4.78, 5) is 0. The smallest absolute Gasteiger partial charge is 0.0625 e. The van der Waals surface area contributed by atoms with Crippen LogP contribution in [-0.4, -0.2) is 16.3 Å². The molecular formula is C14H27N3. The Morgan fingerprint density at radius 1 is 1.35 bits per heavy atom. The number of rotatable bonds is 8. The maximum Gasteiger partial charge on any atom is 0.0625 e. The fourth-order valence-electron chi connectivity index (χ4n) is 1.93. The van der Waals surface area contributed by atoms with Crippen molar-refractivity contribution >= 4 is 0 Å². The number of aryl methyl sites for hydroxylation is 2. The van der Waals surface area contributed by atoms with Gasteiger partial charge in [-0.05, 0) is 31.4 Å². The lowest BCUT2D eigenvalue weighted by atomic mass is 10.1. The molecule has 98 valence electrons. The zero-order valence-corrected chi connectivity index (χ0v) is 11.8. The van der Waals surface area contributed by atoms with Gasteiger partial charge < -0.3 is 5.32 Å². The lowest BCUT2D eigenvalue weighted by Gasteiger charge is -2.06. The van der Waals surface area contributed by atoms with Gasteiger partial charge in [0.05, 0.1) is 11.4 Å². The van der Waals surface area contributed by atoms with Crippen LogP contribution in [0.4, 0.5) is 0 Å². The monoisotopic (exact) mass is 237 g/mol. The molecule has 0 bridgehead atoms. The van der Waals surface area contributed by atoms with Crippen LogP contribution < -0.4 is 5.32 Å². The molecule has 3 heteroatoms. The second-order valence-electron chi connectivity index (χ2n) is 5.17. The molecule has 0 aromatic carbocycles. The number of unbranched alkanes of at least 4 members (excludes halogenated alkanes) is 1. The summed E-state index contributed by atoms with van der Waals surface area (Å²) in [6.45, 7) is 8.76. The maximum atomic E-state index is 4.44. The van der Waals surface area contributed by atoms with Crippen molar-refractivity contribution in [1.29, 1.82) is 0 Å². The summed E-state index contributed by atoms with van der Waals surface area (Å²) in [5.74, 6) is 0.833. The maximum absolute atomic E-state index is 4.44. The van der Waals surface area contributed by atoms with Gasteiger partial charge in [0.25, 0.3) is 0 Å². The molecule has 17 heavy (non-hydrogen) atoms. The van der Waals surface area contributed by atoms with Gasteiger partial charge in [0.2, 0.25) is 0 Å². The molecule has 1 aromatic rings. The number of nitrogens with zero attached hydrogens (tertiary/aromatic N) is 2. The Balaban J connectivity index is 2.15. The van der Waals surface area contributed by atoms with Gasteiger partial charge >= 0.3 is 0 Å². The van der Waals surface area contributed by atoms with E-state index in [9.17, 15) is 0 Å². The number of hydrogen-bond donors (Lipinski definition) is 1. The van der Waals surface area contributed by atoms with Gasteiger partial charge in [0.15, 0.2) is 0 Å². The van der Waals surface area contributed by atoms with Crippen molar-refractivity contribution in [3.05, 3.63) is 17.5 Å². The van der Waals surface area contributed by atoms with E-state index in [4.69, 9.17) is 0 Å². The lowest BCUT2D eigenvalue weighted by Crippen LogP contribution is -2.17. The second kappa shape index (κ2) is 7.49. The molecule has 1 rings (SSSR count). The number of aromatic nitrogens is 2. The Hall–Kier alpha value is -0.830. The minimum Gasteiger partial charge on any atom is -0.311 e. The van der Waals surface area contributed by atoms with Crippen molar-refractivity contribution in [1.82, 2.24) is 15.1 Å². The van der Waals surface area contributed by atoms with E-state index in [1.54, 1.807) is 0 Å². The topological polar surface area (TPSA) is 29.9 Å². The summed E-state index contributed by atoms with van der Waals surface area (Å²) in [6, 6.07) is 2.20. The highest BCUT2D eigenvalue weighted by Gasteiger charge is 2.02. The third-order valence-corrected chi connectivity index (χ3v) is 3.08. The predicted octanol–water partition coefficient (Wildman–Crippen LogP) is 2.90. The normalized spacial score (nSPS) is 11.4. The SMILES string of the molecule is CCc1cc(CNCCCCC(C)C)n(C)n1. The van der Waals surface area contributed by atoms with E-state index in [1.807, 2.05) is 11.7 Å². The summed E-state index contributed by atoms with van der Waals surface area (Å²) in [7, 11) is 2.02. The molecule has 1 heterocycles. The van der Waals surface area contributed by atoms with Crippen LogP contribution in [0, 0.1) is 5.92 Å². The first-order valence-electron chi connectivity index (χ1n) is 6.86. The minimum absolute atomic E-state index is 0.833. The van der Waals surface area contributed by atoms with Crippen LogP contribution in [0.5, 0.6) is 0 Å². The Labute approximate surface area is 106 Å². The standard InChI is InChI=1S/C14H27N3/c1-5-13-10-14(17(4)16-13)11-15-9-7-6-8-12(2)3/h10,12,15H,5-9,11H2,1-4H3. The molecule has 0 aliphatic carbocycles. The zero-order chi connectivity index (χ0) is 12.7. The second-order valence-corrected chi connectivity index (χ2v) is 5.17. The fraction of sp³-hybridized carbons (Fsp3) is 0.786. The number of hydrogen-bond acceptors (Lipinski definition) is 2. The van der Waals surface area contributed by atoms with Crippen molar-refractivity contribution < 1.29 is 0 Å². The van der Waals surface area contributed by atoms with E-state index in [0.29, 0.717) is 0 Å². The Kier molecular flexibility index (Phi) is 6.27. The third kappa shape index (κ3) is 5.35. The highest BCUT2D eigenvalue weighted by atomic mass is 15.3. The molecule has 3 nitrogen and oxygen atoms in total. The largest absolute Gasteiger partial charge is 0.311 e. The van der Waals surface area contributed by atoms with Crippen LogP contribution in [0.15, 0.2) is 6.07 Å². The lowest BCUT2D eigenvalue weighted by molar-refractivity contribution is 0.516. The van der Waals surface area contributed by atoms with Gasteiger partial charge in [0, 0.05) is 13.6 Å². The van der Waals surface area contributed by atoms with Crippen LogP contribution >= 0.6 is 0 Å². The molecule has 0 saturated carbocycles. The van der Waals surface area contributed by atoms with Gasteiger partial charge in [-0.1, -0.05) is 33.6 Å². The Bertz CT molecular complexity index is 315. The van der Waals surface area contributed by atoms with Gasteiger partial charge in [-0.3, -0.25) is 4.68 Å². The van der Waals surface area contributed by atoms with E-state index < -0.39 is 0 Å². The first-order valence-corrected chi connectivity index (χ1v) is 6.86. The van der Waals surface area contributed by atoms with E-state index in [0.717, 1.165) is 25.4 Å². The van der Waals surface area contributed by atoms with Crippen molar-refractivity contribution in [2.45, 2.75) is 53.0 Å². The molecule has 0 radical (unpaired) electrons. The molecule has 1 N–H and O–H groups in total. The van der Waals surface area contributed by atoms with E-state index >= 15 is 0 Å². The third-order valence-electron chi connectivity index (χ3n) is 3.08. The van der Waals surface area contributed by atoms with Gasteiger partial charge in [-0.15, -0.1) is 0 Å². The minimum atomic E-state index is 0.833. The van der Waals surface area contributed by atoms with Crippen molar-refractivity contribution in [3.8, 4) is 0 Å². The molecule has 1 aromatic heterocycles. The van der Waals surface area contributed by atoms with E-state index in [2.05, 4.69) is 37.3 Å². The summed E-state index contributed by atoms with van der Waals surface area (Å²) < 4.78 is 1.99. The van der Waals surface area contributed by atoms with Gasteiger partial charge in [-0.25, -0.2) is 0 Å². The molecular weight excluding hydrogens is 210 g/mol. The summed E-state index contributed by atoms with van der Waals surface area (Å²) >= 11 is 0. The van der Waals surface area contributed by atoms with Crippen LogP contribution in [0.2, 0.25) is 0 Å². The molecule has 0 amide bonds. The Morgan fingerprint density at radius 3 is 2.71 bits per heavy atom. The van der Waals surface area contributed by atoms with Crippen LogP contribution in [0.25, 0.3) is 0 Å². The van der Waals surface area contributed by atoms with Gasteiger partial charge in [0.1, 0.15) is 0 Å². The zero-order valence-electron chi connectivity index (χ0n) is 11.8. The van der Waals surface area contributed by atoms with Crippen molar-refractivity contribution in [2.24, 2.45) is 13.0 Å². The van der Waals surface area contributed by atoms with Crippen LogP contribution in [0.1, 0.15) is 51.4 Å². The molecule has 0 fully saturated rings. The molecule has 0 atom stereocenters. The molecule has 0 aliphatic heterocycles. The fourth-order valence-corrected chi connectivity index (χ4v) is 1.93. The number of nitrogens with one attached hydrogen (secondary N) is 1. The molecule has 0 unspecified atom stereocenters. The molecule has 0 saturated heterocycles. The first-order chi connectivity index (χ1) is 8.13. The van der Waals surface area contributed by atoms with Crippen LogP contribution in [-0.2, 0) is 20.0 Å². The quantitative estimate of drug-likeness (QED) is 0.705. The summed E-state index contributed by atoms with van der Waals surface area (Å²) in [6.07, 6.45) is 4.96. The van der Waals surface area contributed by atoms with E-state index in [1.165, 1.54) is 30.7 Å². The predicted molar refractivity (Wildman–Crippen MR) is 73.0 cm³/mol. The van der Waals surface area contributed by atoms with Gasteiger partial charge in [-0.2, -0.15) is 5.10 Å². The highest BCUT2D eigenvalue weighted by Crippen LogP contribution is 2.06. The average Bonchev–Trinajstić information content (AvgIpc) is 2.64. The van der Waals surface area contributed by atoms with Crippen molar-refractivity contribution in [3.63, 3.8) is 0 Å². The molecule has 0 spiro atoms. The molecule has 0 aliphatic rings. The van der Waals surface area contributed by atoms with Crippen LogP contribution in [0.3, 0.4) is 0 Å². The Morgan fingerprint density at radius 2 is 2.12 bits per heavy atom. The van der Waals surface area contributed by atoms with Crippen molar-refractivity contribution in [2.75, 3.05) is 6.54 Å². The first kappa shape index (κ1) is 14.2. The summed E-state index contributed by atoms with van der Waals surface area (Å²) in [5.41, 5.74) is 2.47. The van der Waals surface area contributed by atoms with E-state index in [-0.39, 0.29) is 0 Å².